The Bertz CT molecular complexity index is 885. The van der Waals surface area contributed by atoms with Crippen LogP contribution in [0.3, 0.4) is 0 Å². The fourth-order valence-corrected chi connectivity index (χ4v) is 2.88. The Morgan fingerprint density at radius 2 is 1.33 bits per heavy atom. The number of hydrogen-bond acceptors (Lipinski definition) is 3. The van der Waals surface area contributed by atoms with Gasteiger partial charge in [-0.15, -0.1) is 0 Å². The number of carbonyl (C=O) groups is 1. The summed E-state index contributed by atoms with van der Waals surface area (Å²) in [4.78, 5) is 12.0. The van der Waals surface area contributed by atoms with Crippen LogP contribution in [-0.2, 0) is 5.41 Å². The SMILES string of the molecule is COc1ccc(C(C)(C)c2ccc(NC(=O)Oc3ccccc3)cc2)cc1. The number of para-hydroxylation sites is 1. The number of ether oxygens (including phenoxy) is 2. The van der Waals surface area contributed by atoms with Crippen molar-refractivity contribution in [2.45, 2.75) is 19.3 Å². The maximum Gasteiger partial charge on any atom is 0.417 e. The molecule has 0 spiro atoms. The molecule has 1 N–H and O–H groups in total. The molecule has 0 atom stereocenters. The van der Waals surface area contributed by atoms with Crippen LogP contribution < -0.4 is 14.8 Å². The molecule has 0 fully saturated rings. The Hall–Kier alpha value is -3.27. The highest BCUT2D eigenvalue weighted by molar-refractivity contribution is 5.86. The standard InChI is InChI=1S/C23H23NO3/c1-23(2,18-11-15-20(26-3)16-12-18)17-9-13-19(14-10-17)24-22(25)27-21-7-5-4-6-8-21/h4-16H,1-3H3,(H,24,25). The van der Waals surface area contributed by atoms with E-state index < -0.39 is 6.09 Å². The topological polar surface area (TPSA) is 47.6 Å². The van der Waals surface area contributed by atoms with Crippen molar-refractivity contribution in [3.63, 3.8) is 0 Å². The highest BCUT2D eigenvalue weighted by Crippen LogP contribution is 2.33. The first-order valence-electron chi connectivity index (χ1n) is 8.78. The van der Waals surface area contributed by atoms with Crippen LogP contribution in [0.4, 0.5) is 10.5 Å². The first kappa shape index (κ1) is 18.5. The van der Waals surface area contributed by atoms with E-state index in [1.165, 1.54) is 5.56 Å². The van der Waals surface area contributed by atoms with Crippen molar-refractivity contribution in [2.24, 2.45) is 0 Å². The summed E-state index contributed by atoms with van der Waals surface area (Å²) in [7, 11) is 1.66. The average Bonchev–Trinajstić information content (AvgIpc) is 2.69. The van der Waals surface area contributed by atoms with Gasteiger partial charge in [-0.3, -0.25) is 5.32 Å². The van der Waals surface area contributed by atoms with Crippen LogP contribution in [0.1, 0.15) is 25.0 Å². The second kappa shape index (κ2) is 7.96. The lowest BCUT2D eigenvalue weighted by molar-refractivity contribution is 0.215. The molecule has 4 nitrogen and oxygen atoms in total. The summed E-state index contributed by atoms with van der Waals surface area (Å²) in [5, 5.41) is 2.75. The number of rotatable bonds is 5. The first-order chi connectivity index (χ1) is 13.0. The molecule has 0 saturated heterocycles. The maximum atomic E-state index is 12.0. The summed E-state index contributed by atoms with van der Waals surface area (Å²) in [6, 6.07) is 24.8. The van der Waals surface area contributed by atoms with Gasteiger partial charge < -0.3 is 9.47 Å². The minimum atomic E-state index is -0.511. The van der Waals surface area contributed by atoms with Gasteiger partial charge in [0.2, 0.25) is 0 Å². The molecule has 0 unspecified atom stereocenters. The predicted molar refractivity (Wildman–Crippen MR) is 108 cm³/mol. The molecule has 27 heavy (non-hydrogen) atoms. The molecule has 0 saturated carbocycles. The fraction of sp³-hybridized carbons (Fsp3) is 0.174. The first-order valence-corrected chi connectivity index (χ1v) is 8.78. The van der Waals surface area contributed by atoms with Crippen molar-refractivity contribution < 1.29 is 14.3 Å². The highest BCUT2D eigenvalue weighted by Gasteiger charge is 2.23. The number of benzene rings is 3. The number of anilines is 1. The normalized spacial score (nSPS) is 10.9. The molecule has 1 amide bonds. The van der Waals surface area contributed by atoms with Crippen molar-refractivity contribution in [1.29, 1.82) is 0 Å². The van der Waals surface area contributed by atoms with Gasteiger partial charge in [0.05, 0.1) is 7.11 Å². The lowest BCUT2D eigenvalue weighted by Crippen LogP contribution is -2.19. The molecule has 4 heteroatoms. The van der Waals surface area contributed by atoms with Crippen molar-refractivity contribution >= 4 is 11.8 Å². The number of carbonyl (C=O) groups excluding carboxylic acids is 1. The second-order valence-corrected chi connectivity index (χ2v) is 6.76. The average molecular weight is 361 g/mol. The van der Waals surface area contributed by atoms with Crippen LogP contribution in [0.5, 0.6) is 11.5 Å². The van der Waals surface area contributed by atoms with E-state index in [1.807, 2.05) is 54.6 Å². The monoisotopic (exact) mass is 361 g/mol. The van der Waals surface area contributed by atoms with Gasteiger partial charge in [-0.1, -0.05) is 56.3 Å². The summed E-state index contributed by atoms with van der Waals surface area (Å²) in [5.41, 5.74) is 2.85. The molecular formula is C23H23NO3. The van der Waals surface area contributed by atoms with Gasteiger partial charge in [0.25, 0.3) is 0 Å². The molecule has 0 aromatic heterocycles. The number of amides is 1. The van der Waals surface area contributed by atoms with Gasteiger partial charge >= 0.3 is 6.09 Å². The highest BCUT2D eigenvalue weighted by atomic mass is 16.6. The zero-order chi connectivity index (χ0) is 19.3. The lowest BCUT2D eigenvalue weighted by Gasteiger charge is -2.26. The molecule has 3 rings (SSSR count). The summed E-state index contributed by atoms with van der Waals surface area (Å²) in [6.07, 6.45) is -0.511. The summed E-state index contributed by atoms with van der Waals surface area (Å²) < 4.78 is 10.5. The molecular weight excluding hydrogens is 338 g/mol. The van der Waals surface area contributed by atoms with Gasteiger partial charge in [-0.05, 0) is 47.5 Å². The van der Waals surface area contributed by atoms with Gasteiger partial charge in [0, 0.05) is 11.1 Å². The number of hydrogen-bond donors (Lipinski definition) is 1. The Kier molecular flexibility index (Phi) is 5.46. The van der Waals surface area contributed by atoms with Gasteiger partial charge in [-0.2, -0.15) is 0 Å². The summed E-state index contributed by atoms with van der Waals surface area (Å²) >= 11 is 0. The number of methoxy groups -OCH3 is 1. The lowest BCUT2D eigenvalue weighted by atomic mass is 9.78. The zero-order valence-corrected chi connectivity index (χ0v) is 15.7. The van der Waals surface area contributed by atoms with Crippen molar-refractivity contribution in [2.75, 3.05) is 12.4 Å². The third-order valence-corrected chi connectivity index (χ3v) is 4.62. The van der Waals surface area contributed by atoms with Crippen LogP contribution >= 0.6 is 0 Å². The minimum absolute atomic E-state index is 0.171. The molecule has 0 aliphatic rings. The Morgan fingerprint density at radius 1 is 0.778 bits per heavy atom. The van der Waals surface area contributed by atoms with Crippen LogP contribution in [0.2, 0.25) is 0 Å². The second-order valence-electron chi connectivity index (χ2n) is 6.76. The van der Waals surface area contributed by atoms with Crippen molar-refractivity contribution in [1.82, 2.24) is 0 Å². The summed E-state index contributed by atoms with van der Waals surface area (Å²) in [6.45, 7) is 4.34. The Morgan fingerprint density at radius 3 is 1.89 bits per heavy atom. The quantitative estimate of drug-likeness (QED) is 0.640. The van der Waals surface area contributed by atoms with Crippen LogP contribution in [0.25, 0.3) is 0 Å². The van der Waals surface area contributed by atoms with Crippen molar-refractivity contribution in [3.8, 4) is 11.5 Å². The minimum Gasteiger partial charge on any atom is -0.497 e. The maximum absolute atomic E-state index is 12.0. The zero-order valence-electron chi connectivity index (χ0n) is 15.7. The Balaban J connectivity index is 1.69. The molecule has 0 heterocycles. The largest absolute Gasteiger partial charge is 0.497 e. The molecule has 3 aromatic carbocycles. The fourth-order valence-electron chi connectivity index (χ4n) is 2.88. The number of nitrogens with one attached hydrogen (secondary N) is 1. The smallest absolute Gasteiger partial charge is 0.417 e. The van der Waals surface area contributed by atoms with E-state index in [-0.39, 0.29) is 5.41 Å². The third-order valence-electron chi connectivity index (χ3n) is 4.62. The van der Waals surface area contributed by atoms with E-state index in [1.54, 1.807) is 19.2 Å². The van der Waals surface area contributed by atoms with Crippen LogP contribution in [0, 0.1) is 0 Å². The molecule has 0 radical (unpaired) electrons. The third kappa shape index (κ3) is 4.47. The molecule has 3 aromatic rings. The van der Waals surface area contributed by atoms with E-state index in [0.717, 1.165) is 11.3 Å². The van der Waals surface area contributed by atoms with Gasteiger partial charge in [0.1, 0.15) is 11.5 Å². The Labute approximate surface area is 159 Å². The van der Waals surface area contributed by atoms with E-state index >= 15 is 0 Å². The molecule has 0 bridgehead atoms. The van der Waals surface area contributed by atoms with E-state index in [0.29, 0.717) is 11.4 Å². The van der Waals surface area contributed by atoms with Gasteiger partial charge in [-0.25, -0.2) is 4.79 Å². The predicted octanol–water partition coefficient (Wildman–Crippen LogP) is 5.63. The van der Waals surface area contributed by atoms with Crippen molar-refractivity contribution in [3.05, 3.63) is 90.0 Å². The molecule has 0 aliphatic heterocycles. The van der Waals surface area contributed by atoms with E-state index in [9.17, 15) is 4.79 Å². The molecule has 138 valence electrons. The van der Waals surface area contributed by atoms with E-state index in [4.69, 9.17) is 9.47 Å². The van der Waals surface area contributed by atoms with Crippen LogP contribution in [0.15, 0.2) is 78.9 Å². The molecule has 0 aliphatic carbocycles. The van der Waals surface area contributed by atoms with Gasteiger partial charge in [0.15, 0.2) is 0 Å². The van der Waals surface area contributed by atoms with E-state index in [2.05, 4.69) is 31.3 Å². The van der Waals surface area contributed by atoms with Crippen LogP contribution in [-0.4, -0.2) is 13.2 Å². The summed E-state index contributed by atoms with van der Waals surface area (Å²) in [5.74, 6) is 1.35.